The standard InChI is InChI=1S/C17H24O5/c1-4-5-6-7-12(18)17-9-8-11(10-17)13(15(19)21-2)14(17)16(20)22-3/h8-9,11-12,18H,4-7,10H2,1-3H3. The second kappa shape index (κ2) is 6.65. The summed E-state index contributed by atoms with van der Waals surface area (Å²) in [6.45, 7) is 2.10. The number of carbonyl (C=O) groups is 2. The number of rotatable bonds is 7. The van der Waals surface area contributed by atoms with Crippen LogP contribution >= 0.6 is 0 Å². The van der Waals surface area contributed by atoms with Crippen LogP contribution in [0, 0.1) is 11.3 Å². The quantitative estimate of drug-likeness (QED) is 0.443. The number of ether oxygens (including phenoxy) is 2. The Hall–Kier alpha value is -1.62. The van der Waals surface area contributed by atoms with Crippen LogP contribution in [-0.2, 0) is 19.1 Å². The first-order chi connectivity index (χ1) is 10.5. The fraction of sp³-hybridized carbons (Fsp3) is 0.647. The lowest BCUT2D eigenvalue weighted by molar-refractivity contribution is -0.140. The van der Waals surface area contributed by atoms with Gasteiger partial charge in [-0.25, -0.2) is 9.59 Å². The highest BCUT2D eigenvalue weighted by Gasteiger charge is 2.56. The number of fused-ring (bicyclic) bond motifs is 2. The molecule has 2 rings (SSSR count). The second-order valence-electron chi connectivity index (χ2n) is 5.99. The van der Waals surface area contributed by atoms with Gasteiger partial charge in [-0.3, -0.25) is 0 Å². The molecule has 0 heterocycles. The summed E-state index contributed by atoms with van der Waals surface area (Å²) in [6.07, 6.45) is 7.17. The molecule has 122 valence electrons. The van der Waals surface area contributed by atoms with Gasteiger partial charge in [0, 0.05) is 11.3 Å². The van der Waals surface area contributed by atoms with Gasteiger partial charge in [0.2, 0.25) is 0 Å². The van der Waals surface area contributed by atoms with Crippen LogP contribution in [0.3, 0.4) is 0 Å². The fourth-order valence-corrected chi connectivity index (χ4v) is 3.63. The van der Waals surface area contributed by atoms with Gasteiger partial charge in [0.05, 0.1) is 31.5 Å². The van der Waals surface area contributed by atoms with E-state index in [1.807, 2.05) is 12.2 Å². The summed E-state index contributed by atoms with van der Waals surface area (Å²) in [7, 11) is 2.58. The van der Waals surface area contributed by atoms with Crippen LogP contribution in [0.4, 0.5) is 0 Å². The molecular weight excluding hydrogens is 284 g/mol. The Morgan fingerprint density at radius 3 is 2.59 bits per heavy atom. The first-order valence-electron chi connectivity index (χ1n) is 7.80. The summed E-state index contributed by atoms with van der Waals surface area (Å²) in [4.78, 5) is 24.3. The van der Waals surface area contributed by atoms with Crippen molar-refractivity contribution in [1.29, 1.82) is 0 Å². The smallest absolute Gasteiger partial charge is 0.335 e. The van der Waals surface area contributed by atoms with E-state index < -0.39 is 23.5 Å². The van der Waals surface area contributed by atoms with Crippen LogP contribution in [0.25, 0.3) is 0 Å². The summed E-state index contributed by atoms with van der Waals surface area (Å²) >= 11 is 0. The predicted octanol–water partition coefficient (Wildman–Crippen LogP) is 2.15. The maximum absolute atomic E-state index is 12.2. The minimum atomic E-state index is -0.810. The monoisotopic (exact) mass is 308 g/mol. The number of carbonyl (C=O) groups excluding carboxylic acids is 2. The van der Waals surface area contributed by atoms with E-state index in [-0.39, 0.29) is 11.5 Å². The van der Waals surface area contributed by atoms with E-state index in [9.17, 15) is 14.7 Å². The normalized spacial score (nSPS) is 27.2. The predicted molar refractivity (Wildman–Crippen MR) is 80.9 cm³/mol. The van der Waals surface area contributed by atoms with Gasteiger partial charge < -0.3 is 14.6 Å². The van der Waals surface area contributed by atoms with Gasteiger partial charge in [-0.1, -0.05) is 38.3 Å². The molecule has 0 spiro atoms. The second-order valence-corrected chi connectivity index (χ2v) is 5.99. The molecule has 2 bridgehead atoms. The van der Waals surface area contributed by atoms with Crippen molar-refractivity contribution in [2.45, 2.75) is 45.1 Å². The van der Waals surface area contributed by atoms with Gasteiger partial charge in [-0.2, -0.15) is 0 Å². The fourth-order valence-electron chi connectivity index (χ4n) is 3.63. The number of aliphatic hydroxyl groups excluding tert-OH is 1. The largest absolute Gasteiger partial charge is 0.466 e. The summed E-state index contributed by atoms with van der Waals surface area (Å²) in [5, 5.41) is 10.7. The zero-order valence-electron chi connectivity index (χ0n) is 13.4. The molecule has 0 saturated heterocycles. The number of aliphatic hydroxyl groups is 1. The number of hydrogen-bond acceptors (Lipinski definition) is 5. The van der Waals surface area contributed by atoms with Crippen molar-refractivity contribution in [3.05, 3.63) is 23.3 Å². The van der Waals surface area contributed by atoms with E-state index in [4.69, 9.17) is 9.47 Å². The van der Waals surface area contributed by atoms with Crippen LogP contribution in [0.2, 0.25) is 0 Å². The minimum Gasteiger partial charge on any atom is -0.466 e. The van der Waals surface area contributed by atoms with E-state index in [1.54, 1.807) is 0 Å². The third-order valence-electron chi connectivity index (χ3n) is 4.76. The van der Waals surface area contributed by atoms with Crippen LogP contribution in [0.1, 0.15) is 39.0 Å². The number of hydrogen-bond donors (Lipinski definition) is 1. The Kier molecular flexibility index (Phi) is 5.06. The molecule has 5 nitrogen and oxygen atoms in total. The SMILES string of the molecule is CCCCCC(O)C12C=CC(C1)C(C(=O)OC)=C2C(=O)OC. The summed E-state index contributed by atoms with van der Waals surface area (Å²) in [5.41, 5.74) is -0.195. The first-order valence-corrected chi connectivity index (χ1v) is 7.80. The Balaban J connectivity index is 2.36. The molecule has 2 aliphatic carbocycles. The molecule has 0 saturated carbocycles. The third kappa shape index (κ3) is 2.58. The zero-order valence-corrected chi connectivity index (χ0v) is 13.4. The number of unbranched alkanes of at least 4 members (excludes halogenated alkanes) is 2. The van der Waals surface area contributed by atoms with E-state index in [2.05, 4.69) is 6.92 Å². The van der Waals surface area contributed by atoms with Crippen LogP contribution in [0.5, 0.6) is 0 Å². The average molecular weight is 308 g/mol. The summed E-state index contributed by atoms with van der Waals surface area (Å²) in [6, 6.07) is 0. The highest BCUT2D eigenvalue weighted by atomic mass is 16.5. The van der Waals surface area contributed by atoms with Crippen LogP contribution in [-0.4, -0.2) is 37.4 Å². The molecule has 1 N–H and O–H groups in total. The molecule has 0 aromatic heterocycles. The number of esters is 2. The molecule has 0 aromatic rings. The summed E-state index contributed by atoms with van der Waals surface area (Å²) < 4.78 is 9.68. The molecule has 2 aliphatic rings. The van der Waals surface area contributed by atoms with Gasteiger partial charge in [0.15, 0.2) is 0 Å². The van der Waals surface area contributed by atoms with Gasteiger partial charge in [-0.15, -0.1) is 0 Å². The van der Waals surface area contributed by atoms with Crippen molar-refractivity contribution in [3.8, 4) is 0 Å². The van der Waals surface area contributed by atoms with E-state index in [1.165, 1.54) is 14.2 Å². The van der Waals surface area contributed by atoms with Crippen LogP contribution < -0.4 is 0 Å². The molecule has 22 heavy (non-hydrogen) atoms. The average Bonchev–Trinajstić information content (AvgIpc) is 3.11. The molecule has 0 aromatic carbocycles. The zero-order chi connectivity index (χ0) is 16.3. The molecule has 3 unspecified atom stereocenters. The molecular formula is C17H24O5. The maximum Gasteiger partial charge on any atom is 0.335 e. The van der Waals surface area contributed by atoms with E-state index in [0.29, 0.717) is 18.4 Å². The molecule has 5 heteroatoms. The Morgan fingerprint density at radius 1 is 1.32 bits per heavy atom. The molecule has 0 radical (unpaired) electrons. The van der Waals surface area contributed by atoms with E-state index >= 15 is 0 Å². The van der Waals surface area contributed by atoms with Crippen LogP contribution in [0.15, 0.2) is 23.3 Å². The van der Waals surface area contributed by atoms with Crippen molar-refractivity contribution < 1.29 is 24.2 Å². The van der Waals surface area contributed by atoms with Gasteiger partial charge in [0.1, 0.15) is 0 Å². The van der Waals surface area contributed by atoms with Crippen molar-refractivity contribution >= 4 is 11.9 Å². The van der Waals surface area contributed by atoms with Gasteiger partial charge in [-0.05, 0) is 12.8 Å². The molecule has 3 atom stereocenters. The lowest BCUT2D eigenvalue weighted by Gasteiger charge is -2.32. The van der Waals surface area contributed by atoms with Gasteiger partial charge >= 0.3 is 11.9 Å². The Labute approximate surface area is 131 Å². The minimum absolute atomic E-state index is 0.178. The molecule has 0 fully saturated rings. The van der Waals surface area contributed by atoms with Crippen molar-refractivity contribution in [3.63, 3.8) is 0 Å². The Morgan fingerprint density at radius 2 is 2.00 bits per heavy atom. The lowest BCUT2D eigenvalue weighted by atomic mass is 9.75. The summed E-state index contributed by atoms with van der Waals surface area (Å²) in [5.74, 6) is -1.25. The van der Waals surface area contributed by atoms with Crippen molar-refractivity contribution in [2.24, 2.45) is 11.3 Å². The Bertz CT molecular complexity index is 519. The highest BCUT2D eigenvalue weighted by molar-refractivity contribution is 6.04. The first kappa shape index (κ1) is 16.7. The molecule has 0 amide bonds. The maximum atomic E-state index is 12.2. The highest BCUT2D eigenvalue weighted by Crippen LogP contribution is 2.56. The lowest BCUT2D eigenvalue weighted by Crippen LogP contribution is -2.36. The topological polar surface area (TPSA) is 72.8 Å². The van der Waals surface area contributed by atoms with Crippen molar-refractivity contribution in [2.75, 3.05) is 14.2 Å². The third-order valence-corrected chi connectivity index (χ3v) is 4.76. The van der Waals surface area contributed by atoms with Crippen molar-refractivity contribution in [1.82, 2.24) is 0 Å². The van der Waals surface area contributed by atoms with E-state index in [0.717, 1.165) is 19.3 Å². The van der Waals surface area contributed by atoms with Gasteiger partial charge in [0.25, 0.3) is 0 Å². The number of methoxy groups -OCH3 is 2. The number of allylic oxidation sites excluding steroid dienone is 1. The molecule has 0 aliphatic heterocycles.